The number of halogens is 3. The van der Waals surface area contributed by atoms with Gasteiger partial charge in [0.05, 0.1) is 19.6 Å². The molecular weight excluding hydrogens is 249 g/mol. The molecule has 18 heavy (non-hydrogen) atoms. The lowest BCUT2D eigenvalue weighted by atomic mass is 10.2. The van der Waals surface area contributed by atoms with E-state index in [0.717, 1.165) is 0 Å². The highest BCUT2D eigenvalue weighted by Gasteiger charge is 2.27. The quantitative estimate of drug-likeness (QED) is 0.738. The molecule has 0 aromatic heterocycles. The standard InChI is InChI=1S/C12H13F3O3/c1-2-17-11-7-9(8-16)3-4-10(11)18-6-5-12(13,14)15/h3-4,7-8H,2,5-6H2,1H3. The average Bonchev–Trinajstić information content (AvgIpc) is 2.29. The second-order valence-corrected chi connectivity index (χ2v) is 3.47. The van der Waals surface area contributed by atoms with Gasteiger partial charge in [0.25, 0.3) is 0 Å². The molecule has 0 aliphatic carbocycles. The van der Waals surface area contributed by atoms with Crippen molar-refractivity contribution in [1.29, 1.82) is 0 Å². The van der Waals surface area contributed by atoms with E-state index < -0.39 is 19.2 Å². The van der Waals surface area contributed by atoms with Crippen LogP contribution in [0, 0.1) is 0 Å². The fourth-order valence-corrected chi connectivity index (χ4v) is 1.26. The molecule has 0 saturated heterocycles. The Kier molecular flexibility index (Phi) is 5.00. The second-order valence-electron chi connectivity index (χ2n) is 3.47. The van der Waals surface area contributed by atoms with Gasteiger partial charge >= 0.3 is 6.18 Å². The molecule has 0 heterocycles. The number of benzene rings is 1. The van der Waals surface area contributed by atoms with E-state index in [1.54, 1.807) is 6.92 Å². The maximum atomic E-state index is 12.0. The van der Waals surface area contributed by atoms with E-state index in [0.29, 0.717) is 18.5 Å². The largest absolute Gasteiger partial charge is 0.490 e. The summed E-state index contributed by atoms with van der Waals surface area (Å²) < 4.78 is 46.1. The van der Waals surface area contributed by atoms with E-state index in [-0.39, 0.29) is 11.5 Å². The normalized spacial score (nSPS) is 11.1. The Balaban J connectivity index is 2.71. The molecule has 1 rings (SSSR count). The van der Waals surface area contributed by atoms with Crippen molar-refractivity contribution in [2.45, 2.75) is 19.5 Å². The number of alkyl halides is 3. The van der Waals surface area contributed by atoms with Crippen molar-refractivity contribution in [1.82, 2.24) is 0 Å². The van der Waals surface area contributed by atoms with Crippen molar-refractivity contribution in [2.24, 2.45) is 0 Å². The second kappa shape index (κ2) is 6.28. The zero-order valence-electron chi connectivity index (χ0n) is 9.79. The van der Waals surface area contributed by atoms with Crippen LogP contribution in [0.25, 0.3) is 0 Å². The van der Waals surface area contributed by atoms with Gasteiger partial charge in [0.1, 0.15) is 6.29 Å². The smallest absolute Gasteiger partial charge is 0.392 e. The summed E-state index contributed by atoms with van der Waals surface area (Å²) in [6.45, 7) is 1.58. The van der Waals surface area contributed by atoms with Gasteiger partial charge in [0.15, 0.2) is 11.5 Å². The molecule has 1 aromatic carbocycles. The van der Waals surface area contributed by atoms with Gasteiger partial charge in [0, 0.05) is 5.56 Å². The highest BCUT2D eigenvalue weighted by molar-refractivity contribution is 5.76. The third kappa shape index (κ3) is 4.65. The van der Waals surface area contributed by atoms with E-state index in [4.69, 9.17) is 9.47 Å². The maximum Gasteiger partial charge on any atom is 0.392 e. The minimum absolute atomic E-state index is 0.201. The summed E-state index contributed by atoms with van der Waals surface area (Å²) >= 11 is 0. The summed E-state index contributed by atoms with van der Waals surface area (Å²) in [5.41, 5.74) is 0.377. The Labute approximate surface area is 103 Å². The molecular formula is C12H13F3O3. The summed E-state index contributed by atoms with van der Waals surface area (Å²) in [5, 5.41) is 0. The number of ether oxygens (including phenoxy) is 2. The van der Waals surface area contributed by atoms with Gasteiger partial charge in [0.2, 0.25) is 0 Å². The van der Waals surface area contributed by atoms with Crippen molar-refractivity contribution >= 4 is 6.29 Å². The van der Waals surface area contributed by atoms with Crippen molar-refractivity contribution in [3.8, 4) is 11.5 Å². The van der Waals surface area contributed by atoms with E-state index >= 15 is 0 Å². The molecule has 0 unspecified atom stereocenters. The number of hydrogen-bond donors (Lipinski definition) is 0. The fraction of sp³-hybridized carbons (Fsp3) is 0.417. The summed E-state index contributed by atoms with van der Waals surface area (Å²) in [7, 11) is 0. The van der Waals surface area contributed by atoms with Gasteiger partial charge in [-0.05, 0) is 25.1 Å². The highest BCUT2D eigenvalue weighted by atomic mass is 19.4. The van der Waals surface area contributed by atoms with Gasteiger partial charge in [-0.25, -0.2) is 0 Å². The number of rotatable bonds is 6. The van der Waals surface area contributed by atoms with E-state index in [2.05, 4.69) is 0 Å². The Morgan fingerprint density at radius 2 is 1.94 bits per heavy atom. The maximum absolute atomic E-state index is 12.0. The Morgan fingerprint density at radius 1 is 1.22 bits per heavy atom. The van der Waals surface area contributed by atoms with E-state index in [1.165, 1.54) is 18.2 Å². The lowest BCUT2D eigenvalue weighted by molar-refractivity contribution is -0.139. The van der Waals surface area contributed by atoms with E-state index in [9.17, 15) is 18.0 Å². The number of carbonyl (C=O) groups excluding carboxylic acids is 1. The predicted molar refractivity (Wildman–Crippen MR) is 59.2 cm³/mol. The minimum atomic E-state index is -4.26. The van der Waals surface area contributed by atoms with Crippen LogP contribution in [0.1, 0.15) is 23.7 Å². The lowest BCUT2D eigenvalue weighted by Gasteiger charge is -2.13. The van der Waals surface area contributed by atoms with Gasteiger partial charge in [-0.15, -0.1) is 0 Å². The SMILES string of the molecule is CCOc1cc(C=O)ccc1OCCC(F)(F)F. The molecule has 0 aliphatic rings. The van der Waals surface area contributed by atoms with Crippen LogP contribution in [0.3, 0.4) is 0 Å². The molecule has 0 saturated carbocycles. The first-order valence-corrected chi connectivity index (χ1v) is 5.38. The van der Waals surface area contributed by atoms with Crippen molar-refractivity contribution < 1.29 is 27.4 Å². The van der Waals surface area contributed by atoms with Crippen LogP contribution in [-0.4, -0.2) is 25.7 Å². The molecule has 0 N–H and O–H groups in total. The monoisotopic (exact) mass is 262 g/mol. The van der Waals surface area contributed by atoms with Crippen LogP contribution >= 0.6 is 0 Å². The average molecular weight is 262 g/mol. The van der Waals surface area contributed by atoms with Crippen LogP contribution in [0.2, 0.25) is 0 Å². The summed E-state index contributed by atoms with van der Waals surface area (Å²) in [6, 6.07) is 4.31. The third-order valence-electron chi connectivity index (χ3n) is 2.05. The number of carbonyl (C=O) groups is 1. The Hall–Kier alpha value is -1.72. The van der Waals surface area contributed by atoms with Crippen LogP contribution in [0.4, 0.5) is 13.2 Å². The van der Waals surface area contributed by atoms with Crippen molar-refractivity contribution in [3.63, 3.8) is 0 Å². The molecule has 3 nitrogen and oxygen atoms in total. The molecule has 0 atom stereocenters. The molecule has 0 aliphatic heterocycles. The zero-order chi connectivity index (χ0) is 13.6. The van der Waals surface area contributed by atoms with Crippen LogP contribution in [0.15, 0.2) is 18.2 Å². The van der Waals surface area contributed by atoms with Gasteiger partial charge < -0.3 is 9.47 Å². The van der Waals surface area contributed by atoms with Crippen molar-refractivity contribution in [2.75, 3.05) is 13.2 Å². The summed E-state index contributed by atoms with van der Waals surface area (Å²) in [5.74, 6) is 0.468. The summed E-state index contributed by atoms with van der Waals surface area (Å²) in [6.07, 6.45) is -4.66. The number of hydrogen-bond acceptors (Lipinski definition) is 3. The van der Waals surface area contributed by atoms with Crippen LogP contribution in [-0.2, 0) is 0 Å². The predicted octanol–water partition coefficient (Wildman–Crippen LogP) is 3.23. The highest BCUT2D eigenvalue weighted by Crippen LogP contribution is 2.29. The van der Waals surface area contributed by atoms with E-state index in [1.807, 2.05) is 0 Å². The number of aldehydes is 1. The van der Waals surface area contributed by atoms with Gasteiger partial charge in [-0.1, -0.05) is 0 Å². The molecule has 0 spiro atoms. The first kappa shape index (κ1) is 14.3. The minimum Gasteiger partial charge on any atom is -0.490 e. The third-order valence-corrected chi connectivity index (χ3v) is 2.05. The zero-order valence-corrected chi connectivity index (χ0v) is 9.79. The molecule has 1 aromatic rings. The molecule has 100 valence electrons. The first-order chi connectivity index (χ1) is 8.46. The molecule has 0 fully saturated rings. The lowest BCUT2D eigenvalue weighted by Crippen LogP contribution is -2.13. The van der Waals surface area contributed by atoms with Crippen LogP contribution in [0.5, 0.6) is 11.5 Å². The van der Waals surface area contributed by atoms with Gasteiger partial charge in [-0.3, -0.25) is 4.79 Å². The van der Waals surface area contributed by atoms with Crippen LogP contribution < -0.4 is 9.47 Å². The molecule has 0 bridgehead atoms. The Bertz CT molecular complexity index is 402. The van der Waals surface area contributed by atoms with Gasteiger partial charge in [-0.2, -0.15) is 13.2 Å². The fourth-order valence-electron chi connectivity index (χ4n) is 1.26. The molecule has 6 heteroatoms. The topological polar surface area (TPSA) is 35.5 Å². The Morgan fingerprint density at radius 3 is 2.50 bits per heavy atom. The molecule has 0 radical (unpaired) electrons. The first-order valence-electron chi connectivity index (χ1n) is 5.38. The summed E-state index contributed by atoms with van der Waals surface area (Å²) in [4.78, 5) is 10.6. The molecule has 0 amide bonds. The van der Waals surface area contributed by atoms with Crippen molar-refractivity contribution in [3.05, 3.63) is 23.8 Å².